The van der Waals surface area contributed by atoms with Crippen molar-refractivity contribution < 1.29 is 4.52 Å². The van der Waals surface area contributed by atoms with Crippen molar-refractivity contribution in [1.82, 2.24) is 24.9 Å². The maximum absolute atomic E-state index is 6.41. The van der Waals surface area contributed by atoms with Gasteiger partial charge in [-0.25, -0.2) is 9.67 Å². The van der Waals surface area contributed by atoms with Crippen LogP contribution in [0.3, 0.4) is 0 Å². The zero-order chi connectivity index (χ0) is 15.7. The molecular weight excluding hydrogens is 292 g/mol. The van der Waals surface area contributed by atoms with Gasteiger partial charge in [0.1, 0.15) is 12.7 Å². The van der Waals surface area contributed by atoms with E-state index >= 15 is 0 Å². The second-order valence-corrected chi connectivity index (χ2v) is 6.04. The summed E-state index contributed by atoms with van der Waals surface area (Å²) in [5.41, 5.74) is 7.92. The van der Waals surface area contributed by atoms with Crippen LogP contribution in [0.5, 0.6) is 0 Å². The molecule has 4 rings (SSSR count). The fourth-order valence-electron chi connectivity index (χ4n) is 3.12. The van der Waals surface area contributed by atoms with E-state index in [9.17, 15) is 0 Å². The maximum Gasteiger partial charge on any atom is 0.258 e. The quantitative estimate of drug-likeness (QED) is 0.793. The van der Waals surface area contributed by atoms with Gasteiger partial charge in [0, 0.05) is 5.56 Å². The second-order valence-electron chi connectivity index (χ2n) is 6.04. The van der Waals surface area contributed by atoms with Crippen LogP contribution in [0.15, 0.2) is 41.4 Å². The molecule has 0 aliphatic heterocycles. The lowest BCUT2D eigenvalue weighted by Crippen LogP contribution is -2.34. The fraction of sp³-hybridized carbons (Fsp3) is 0.375. The summed E-state index contributed by atoms with van der Waals surface area (Å²) in [6, 6.07) is 7.93. The van der Waals surface area contributed by atoms with Crippen molar-refractivity contribution in [2.45, 2.75) is 37.8 Å². The minimum atomic E-state index is -0.442. The molecule has 2 aromatic heterocycles. The number of rotatable bonds is 4. The van der Waals surface area contributed by atoms with E-state index in [0.717, 1.165) is 36.8 Å². The predicted molar refractivity (Wildman–Crippen MR) is 83.2 cm³/mol. The lowest BCUT2D eigenvalue weighted by atomic mass is 9.98. The van der Waals surface area contributed by atoms with Crippen LogP contribution in [0.1, 0.15) is 37.1 Å². The van der Waals surface area contributed by atoms with Gasteiger partial charge in [-0.1, -0.05) is 36.2 Å². The molecule has 2 heterocycles. The first-order chi connectivity index (χ1) is 11.2. The van der Waals surface area contributed by atoms with Crippen LogP contribution in [0.4, 0.5) is 0 Å². The highest BCUT2D eigenvalue weighted by Crippen LogP contribution is 2.35. The minimum Gasteiger partial charge on any atom is -0.334 e. The molecule has 23 heavy (non-hydrogen) atoms. The monoisotopic (exact) mass is 310 g/mol. The Morgan fingerprint density at radius 1 is 1.22 bits per heavy atom. The molecule has 0 spiro atoms. The van der Waals surface area contributed by atoms with Crippen LogP contribution in [0.25, 0.3) is 11.5 Å². The van der Waals surface area contributed by atoms with Crippen molar-refractivity contribution in [2.24, 2.45) is 5.73 Å². The lowest BCUT2D eigenvalue weighted by molar-refractivity contribution is 0.372. The van der Waals surface area contributed by atoms with Crippen LogP contribution in [0, 0.1) is 0 Å². The van der Waals surface area contributed by atoms with Crippen molar-refractivity contribution in [3.05, 3.63) is 48.3 Å². The summed E-state index contributed by atoms with van der Waals surface area (Å²) >= 11 is 0. The summed E-state index contributed by atoms with van der Waals surface area (Å²) in [5.74, 6) is 1.12. The Morgan fingerprint density at radius 3 is 2.83 bits per heavy atom. The van der Waals surface area contributed by atoms with Crippen molar-refractivity contribution >= 4 is 0 Å². The maximum atomic E-state index is 6.41. The van der Waals surface area contributed by atoms with Crippen molar-refractivity contribution in [3.8, 4) is 11.5 Å². The SMILES string of the molecule is NC1(c2noc(-c3ccccc3Cn3cncn3)n2)CCCC1. The summed E-state index contributed by atoms with van der Waals surface area (Å²) in [7, 11) is 0. The predicted octanol–water partition coefficient (Wildman–Crippen LogP) is 2.10. The number of benzene rings is 1. The molecule has 0 saturated heterocycles. The van der Waals surface area contributed by atoms with Crippen LogP contribution in [0.2, 0.25) is 0 Å². The van der Waals surface area contributed by atoms with Gasteiger partial charge in [0.05, 0.1) is 12.1 Å². The third-order valence-corrected chi connectivity index (χ3v) is 4.41. The second kappa shape index (κ2) is 5.58. The van der Waals surface area contributed by atoms with Gasteiger partial charge in [0.2, 0.25) is 0 Å². The first-order valence-electron chi connectivity index (χ1n) is 7.78. The number of hydrogen-bond acceptors (Lipinski definition) is 6. The molecule has 0 unspecified atom stereocenters. The molecule has 7 nitrogen and oxygen atoms in total. The summed E-state index contributed by atoms with van der Waals surface area (Å²) in [5, 5.41) is 8.28. The van der Waals surface area contributed by atoms with Gasteiger partial charge in [0.15, 0.2) is 5.82 Å². The average molecular weight is 310 g/mol. The van der Waals surface area contributed by atoms with Gasteiger partial charge in [-0.15, -0.1) is 0 Å². The van der Waals surface area contributed by atoms with E-state index in [1.807, 2.05) is 24.3 Å². The molecule has 118 valence electrons. The van der Waals surface area contributed by atoms with Crippen molar-refractivity contribution in [3.63, 3.8) is 0 Å². The minimum absolute atomic E-state index is 0.442. The molecule has 1 aromatic carbocycles. The van der Waals surface area contributed by atoms with Gasteiger partial charge in [-0.2, -0.15) is 10.1 Å². The van der Waals surface area contributed by atoms with Crippen LogP contribution in [-0.2, 0) is 12.1 Å². The summed E-state index contributed by atoms with van der Waals surface area (Å²) in [6.45, 7) is 0.599. The molecule has 0 amide bonds. The molecule has 0 bridgehead atoms. The first kappa shape index (κ1) is 14.1. The van der Waals surface area contributed by atoms with Gasteiger partial charge in [-0.3, -0.25) is 0 Å². The van der Waals surface area contributed by atoms with E-state index in [4.69, 9.17) is 10.3 Å². The van der Waals surface area contributed by atoms with Crippen LogP contribution >= 0.6 is 0 Å². The van der Waals surface area contributed by atoms with Crippen LogP contribution < -0.4 is 5.73 Å². The standard InChI is InChI=1S/C16H18N6O/c17-16(7-3-4-8-16)15-20-14(23-21-15)13-6-2-1-5-12(13)9-22-11-18-10-19-22/h1-2,5-6,10-11H,3-4,7-9,17H2. The molecule has 2 N–H and O–H groups in total. The number of nitrogens with zero attached hydrogens (tertiary/aromatic N) is 5. The zero-order valence-corrected chi connectivity index (χ0v) is 12.7. The topological polar surface area (TPSA) is 95.7 Å². The lowest BCUT2D eigenvalue weighted by Gasteiger charge is -2.17. The van der Waals surface area contributed by atoms with E-state index in [2.05, 4.69) is 20.2 Å². The van der Waals surface area contributed by atoms with Crippen molar-refractivity contribution in [2.75, 3.05) is 0 Å². The smallest absolute Gasteiger partial charge is 0.258 e. The Bertz CT molecular complexity index is 789. The third-order valence-electron chi connectivity index (χ3n) is 4.41. The van der Waals surface area contributed by atoms with E-state index in [-0.39, 0.29) is 0 Å². The molecule has 7 heteroatoms. The van der Waals surface area contributed by atoms with Gasteiger partial charge >= 0.3 is 0 Å². The number of hydrogen-bond donors (Lipinski definition) is 1. The molecule has 3 aromatic rings. The molecule has 0 atom stereocenters. The highest BCUT2D eigenvalue weighted by molar-refractivity contribution is 5.58. The highest BCUT2D eigenvalue weighted by Gasteiger charge is 2.36. The van der Waals surface area contributed by atoms with E-state index < -0.39 is 5.54 Å². The molecule has 1 saturated carbocycles. The molecule has 1 aliphatic carbocycles. The normalized spacial score (nSPS) is 16.7. The van der Waals surface area contributed by atoms with E-state index in [1.165, 1.54) is 6.33 Å². The Labute approximate surface area is 133 Å². The Kier molecular flexibility index (Phi) is 3.42. The van der Waals surface area contributed by atoms with E-state index in [1.54, 1.807) is 11.0 Å². The fourth-order valence-corrected chi connectivity index (χ4v) is 3.12. The highest BCUT2D eigenvalue weighted by atomic mass is 16.5. The Morgan fingerprint density at radius 2 is 2.04 bits per heavy atom. The first-order valence-corrected chi connectivity index (χ1v) is 7.78. The summed E-state index contributed by atoms with van der Waals surface area (Å²) in [6.07, 6.45) is 7.25. The van der Waals surface area contributed by atoms with Gasteiger partial charge in [-0.05, 0) is 24.5 Å². The van der Waals surface area contributed by atoms with Gasteiger partial charge in [0.25, 0.3) is 5.89 Å². The van der Waals surface area contributed by atoms with Gasteiger partial charge < -0.3 is 10.3 Å². The summed E-state index contributed by atoms with van der Waals surface area (Å²) in [4.78, 5) is 8.55. The Balaban J connectivity index is 1.67. The van der Waals surface area contributed by atoms with Crippen molar-refractivity contribution in [1.29, 1.82) is 0 Å². The molecular formula is C16H18N6O. The number of nitrogens with two attached hydrogens (primary N) is 1. The summed E-state index contributed by atoms with van der Waals surface area (Å²) < 4.78 is 7.26. The molecule has 0 radical (unpaired) electrons. The number of aromatic nitrogens is 5. The molecule has 1 aliphatic rings. The average Bonchev–Trinajstić information content (AvgIpc) is 3.29. The largest absolute Gasteiger partial charge is 0.334 e. The van der Waals surface area contributed by atoms with Crippen LogP contribution in [-0.4, -0.2) is 24.9 Å². The zero-order valence-electron chi connectivity index (χ0n) is 12.7. The molecule has 1 fully saturated rings. The van der Waals surface area contributed by atoms with E-state index in [0.29, 0.717) is 18.3 Å². The Hall–Kier alpha value is -2.54. The third kappa shape index (κ3) is 2.63.